The molecule has 3 nitrogen and oxygen atoms in total. The van der Waals surface area contributed by atoms with E-state index in [2.05, 4.69) is 42.5 Å². The van der Waals surface area contributed by atoms with E-state index < -0.39 is 0 Å². The Kier molecular flexibility index (Phi) is 4.00. The van der Waals surface area contributed by atoms with Crippen LogP contribution in [0.1, 0.15) is 16.8 Å². The van der Waals surface area contributed by atoms with Gasteiger partial charge in [0.2, 0.25) is 0 Å². The van der Waals surface area contributed by atoms with E-state index >= 15 is 0 Å². The summed E-state index contributed by atoms with van der Waals surface area (Å²) in [5, 5.41) is 6.23. The molecule has 0 spiro atoms. The Balaban J connectivity index is 2.08. The molecule has 1 saturated heterocycles. The highest BCUT2D eigenvalue weighted by molar-refractivity contribution is 9.11. The maximum absolute atomic E-state index is 11.9. The first-order valence-corrected chi connectivity index (χ1v) is 6.72. The highest BCUT2D eigenvalue weighted by Crippen LogP contribution is 2.22. The molecule has 0 unspecified atom stereocenters. The third-order valence-electron chi connectivity index (χ3n) is 2.57. The van der Waals surface area contributed by atoms with Crippen molar-refractivity contribution in [3.05, 3.63) is 32.7 Å². The van der Waals surface area contributed by atoms with Crippen LogP contribution in [0, 0.1) is 0 Å². The van der Waals surface area contributed by atoms with Gasteiger partial charge in [0.15, 0.2) is 0 Å². The second-order valence-corrected chi connectivity index (χ2v) is 5.56. The Morgan fingerprint density at radius 1 is 1.44 bits per heavy atom. The van der Waals surface area contributed by atoms with Crippen molar-refractivity contribution in [3.63, 3.8) is 0 Å². The first-order chi connectivity index (χ1) is 7.66. The summed E-state index contributed by atoms with van der Waals surface area (Å²) in [7, 11) is 0. The minimum Gasteiger partial charge on any atom is -0.348 e. The molecule has 1 aromatic carbocycles. The van der Waals surface area contributed by atoms with Crippen molar-refractivity contribution in [2.24, 2.45) is 0 Å². The topological polar surface area (TPSA) is 41.1 Å². The first kappa shape index (κ1) is 12.1. The molecular formula is C11H12Br2N2O. The number of benzene rings is 1. The summed E-state index contributed by atoms with van der Waals surface area (Å²) < 4.78 is 1.77. The summed E-state index contributed by atoms with van der Waals surface area (Å²) in [6.45, 7) is 1.84. The number of hydrogen-bond acceptors (Lipinski definition) is 2. The van der Waals surface area contributed by atoms with Gasteiger partial charge in [-0.05, 0) is 47.1 Å². The van der Waals surface area contributed by atoms with Crippen molar-refractivity contribution in [1.29, 1.82) is 0 Å². The van der Waals surface area contributed by atoms with E-state index in [1.54, 1.807) is 0 Å². The van der Waals surface area contributed by atoms with Crippen LogP contribution in [0.3, 0.4) is 0 Å². The molecule has 1 aromatic rings. The molecule has 2 N–H and O–H groups in total. The maximum atomic E-state index is 11.9. The van der Waals surface area contributed by atoms with Crippen molar-refractivity contribution in [2.75, 3.05) is 13.1 Å². The van der Waals surface area contributed by atoms with E-state index in [1.165, 1.54) is 0 Å². The molecule has 16 heavy (non-hydrogen) atoms. The Morgan fingerprint density at radius 2 is 2.25 bits per heavy atom. The molecule has 0 aromatic heterocycles. The van der Waals surface area contributed by atoms with Crippen molar-refractivity contribution in [1.82, 2.24) is 10.6 Å². The highest BCUT2D eigenvalue weighted by Gasteiger charge is 2.18. The normalized spacial score (nSPS) is 19.8. The predicted molar refractivity (Wildman–Crippen MR) is 70.6 cm³/mol. The molecule has 0 aliphatic carbocycles. The Morgan fingerprint density at radius 3 is 2.88 bits per heavy atom. The van der Waals surface area contributed by atoms with Crippen LogP contribution in [0.25, 0.3) is 0 Å². The minimum absolute atomic E-state index is 0.0203. The number of hydrogen-bond donors (Lipinski definition) is 2. The van der Waals surface area contributed by atoms with Crippen LogP contribution in [-0.2, 0) is 0 Å². The number of carbonyl (C=O) groups excluding carboxylic acids is 1. The van der Waals surface area contributed by atoms with Crippen LogP contribution in [0.15, 0.2) is 27.1 Å². The SMILES string of the molecule is O=C(N[C@H]1CCNC1)c1ccc(Br)cc1Br. The number of amides is 1. The van der Waals surface area contributed by atoms with E-state index in [0.29, 0.717) is 5.56 Å². The fourth-order valence-corrected chi connectivity index (χ4v) is 2.94. The van der Waals surface area contributed by atoms with Crippen LogP contribution in [0.2, 0.25) is 0 Å². The van der Waals surface area contributed by atoms with Gasteiger partial charge in [0.05, 0.1) is 5.56 Å². The molecule has 1 fully saturated rings. The maximum Gasteiger partial charge on any atom is 0.252 e. The molecule has 0 saturated carbocycles. The van der Waals surface area contributed by atoms with Gasteiger partial charge < -0.3 is 10.6 Å². The molecule has 5 heteroatoms. The summed E-state index contributed by atoms with van der Waals surface area (Å²) in [5.74, 6) is -0.0203. The van der Waals surface area contributed by atoms with E-state index in [-0.39, 0.29) is 11.9 Å². The zero-order valence-electron chi connectivity index (χ0n) is 8.59. The van der Waals surface area contributed by atoms with Gasteiger partial charge in [0, 0.05) is 21.5 Å². The lowest BCUT2D eigenvalue weighted by Gasteiger charge is -2.12. The number of carbonyl (C=O) groups is 1. The van der Waals surface area contributed by atoms with Gasteiger partial charge in [-0.25, -0.2) is 0 Å². The molecule has 0 bridgehead atoms. The van der Waals surface area contributed by atoms with Crippen molar-refractivity contribution in [2.45, 2.75) is 12.5 Å². The van der Waals surface area contributed by atoms with Gasteiger partial charge in [-0.2, -0.15) is 0 Å². The molecule has 1 atom stereocenters. The second-order valence-electron chi connectivity index (χ2n) is 3.79. The fourth-order valence-electron chi connectivity index (χ4n) is 1.71. The van der Waals surface area contributed by atoms with Crippen LogP contribution in [0.4, 0.5) is 0 Å². The first-order valence-electron chi connectivity index (χ1n) is 5.13. The summed E-state index contributed by atoms with van der Waals surface area (Å²) in [6, 6.07) is 5.81. The van der Waals surface area contributed by atoms with E-state index in [4.69, 9.17) is 0 Å². The number of rotatable bonds is 2. The lowest BCUT2D eigenvalue weighted by atomic mass is 10.2. The third kappa shape index (κ3) is 2.84. The highest BCUT2D eigenvalue weighted by atomic mass is 79.9. The van der Waals surface area contributed by atoms with Crippen LogP contribution in [-0.4, -0.2) is 25.0 Å². The summed E-state index contributed by atoms with van der Waals surface area (Å²) in [6.07, 6.45) is 1.000. The van der Waals surface area contributed by atoms with Gasteiger partial charge in [0.25, 0.3) is 5.91 Å². The van der Waals surface area contributed by atoms with Crippen LogP contribution >= 0.6 is 31.9 Å². The largest absolute Gasteiger partial charge is 0.348 e. The minimum atomic E-state index is -0.0203. The van der Waals surface area contributed by atoms with Gasteiger partial charge in [0.1, 0.15) is 0 Å². The summed E-state index contributed by atoms with van der Waals surface area (Å²) in [5.41, 5.74) is 0.676. The second kappa shape index (κ2) is 5.29. The van der Waals surface area contributed by atoms with Gasteiger partial charge in [-0.1, -0.05) is 15.9 Å². The van der Waals surface area contributed by atoms with Gasteiger partial charge >= 0.3 is 0 Å². The van der Waals surface area contributed by atoms with Crippen LogP contribution in [0.5, 0.6) is 0 Å². The number of nitrogens with one attached hydrogen (secondary N) is 2. The molecule has 0 radical (unpaired) electrons. The summed E-state index contributed by atoms with van der Waals surface area (Å²) in [4.78, 5) is 11.9. The predicted octanol–water partition coefficient (Wildman–Crippen LogP) is 2.30. The quantitative estimate of drug-likeness (QED) is 0.861. The molecule has 1 aliphatic rings. The Labute approximate surface area is 111 Å². The zero-order chi connectivity index (χ0) is 11.5. The van der Waals surface area contributed by atoms with Gasteiger partial charge in [-0.3, -0.25) is 4.79 Å². The molecule has 86 valence electrons. The standard InChI is InChI=1S/C11H12Br2N2O/c12-7-1-2-9(10(13)5-7)11(16)15-8-3-4-14-6-8/h1-2,5,8,14H,3-4,6H2,(H,15,16)/t8-/m0/s1. The molecule has 1 heterocycles. The van der Waals surface area contributed by atoms with Crippen molar-refractivity contribution >= 4 is 37.8 Å². The molecular weight excluding hydrogens is 336 g/mol. The average Bonchev–Trinajstić information content (AvgIpc) is 2.70. The molecule has 1 amide bonds. The van der Waals surface area contributed by atoms with E-state index in [1.807, 2.05) is 18.2 Å². The van der Waals surface area contributed by atoms with E-state index in [9.17, 15) is 4.79 Å². The monoisotopic (exact) mass is 346 g/mol. The van der Waals surface area contributed by atoms with E-state index in [0.717, 1.165) is 28.5 Å². The summed E-state index contributed by atoms with van der Waals surface area (Å²) >= 11 is 6.75. The average molecular weight is 348 g/mol. The Bertz CT molecular complexity index is 403. The lowest BCUT2D eigenvalue weighted by molar-refractivity contribution is 0.0939. The molecule has 2 rings (SSSR count). The smallest absolute Gasteiger partial charge is 0.252 e. The lowest BCUT2D eigenvalue weighted by Crippen LogP contribution is -2.36. The zero-order valence-corrected chi connectivity index (χ0v) is 11.8. The van der Waals surface area contributed by atoms with Crippen LogP contribution < -0.4 is 10.6 Å². The third-order valence-corrected chi connectivity index (χ3v) is 3.72. The van der Waals surface area contributed by atoms with Crippen molar-refractivity contribution in [3.8, 4) is 0 Å². The Hall–Kier alpha value is -0.390. The molecule has 1 aliphatic heterocycles. The number of halogens is 2. The van der Waals surface area contributed by atoms with Crippen molar-refractivity contribution < 1.29 is 4.79 Å². The van der Waals surface area contributed by atoms with Gasteiger partial charge in [-0.15, -0.1) is 0 Å². The fraction of sp³-hybridized carbons (Fsp3) is 0.364.